The average molecular weight is 458 g/mol. The van der Waals surface area contributed by atoms with E-state index in [1.165, 1.54) is 36.6 Å². The molecule has 32 heavy (non-hydrogen) atoms. The fourth-order valence-electron chi connectivity index (χ4n) is 4.37. The molecule has 2 amide bonds. The molecule has 0 aromatic heterocycles. The molecule has 2 heterocycles. The van der Waals surface area contributed by atoms with Gasteiger partial charge in [0.25, 0.3) is 0 Å². The van der Waals surface area contributed by atoms with Gasteiger partial charge in [0.2, 0.25) is 21.8 Å². The molecule has 2 aliphatic heterocycles. The second-order valence-corrected chi connectivity index (χ2v) is 9.85. The van der Waals surface area contributed by atoms with E-state index >= 15 is 0 Å². The Morgan fingerprint density at radius 2 is 1.78 bits per heavy atom. The molecule has 2 aromatic carbocycles. The summed E-state index contributed by atoms with van der Waals surface area (Å²) in [5.74, 6) is -0.458. The standard InChI is InChI=1S/C23H27N3O5S/c1-16-14-17-6-3-4-7-19(17)25(16)13-5-12-24-32(29,30)18-8-9-21(31-2)20(15-18)26-22(27)10-11-23(26)28/h3-4,6-9,15-16,24H,5,10-14H2,1-2H3/t16-/m1/s1. The molecule has 0 aliphatic carbocycles. The van der Waals surface area contributed by atoms with Gasteiger partial charge in [-0.15, -0.1) is 0 Å². The molecule has 0 spiro atoms. The zero-order chi connectivity index (χ0) is 22.9. The number of nitrogens with one attached hydrogen (secondary N) is 1. The van der Waals surface area contributed by atoms with Crippen LogP contribution in [0.3, 0.4) is 0 Å². The summed E-state index contributed by atoms with van der Waals surface area (Å²) < 4.78 is 33.6. The molecular formula is C23H27N3O5S. The Kier molecular flexibility index (Phi) is 6.21. The summed E-state index contributed by atoms with van der Waals surface area (Å²) >= 11 is 0. The van der Waals surface area contributed by atoms with Gasteiger partial charge in [-0.3, -0.25) is 9.59 Å². The van der Waals surface area contributed by atoms with Crippen molar-refractivity contribution in [3.63, 3.8) is 0 Å². The highest BCUT2D eigenvalue weighted by molar-refractivity contribution is 7.89. The number of anilines is 2. The minimum atomic E-state index is -3.82. The van der Waals surface area contributed by atoms with Crippen LogP contribution in [0.4, 0.5) is 11.4 Å². The second kappa shape index (κ2) is 8.91. The van der Waals surface area contributed by atoms with Gasteiger partial charge in [-0.05, 0) is 49.6 Å². The molecule has 8 nitrogen and oxygen atoms in total. The Balaban J connectivity index is 1.43. The molecule has 2 aliphatic rings. The number of ether oxygens (including phenoxy) is 1. The van der Waals surface area contributed by atoms with Crippen molar-refractivity contribution in [3.05, 3.63) is 48.0 Å². The highest BCUT2D eigenvalue weighted by Gasteiger charge is 2.33. The first-order valence-corrected chi connectivity index (χ1v) is 12.2. The number of nitrogens with zero attached hydrogens (tertiary/aromatic N) is 2. The molecule has 4 rings (SSSR count). The highest BCUT2D eigenvalue weighted by atomic mass is 32.2. The average Bonchev–Trinajstić information content (AvgIpc) is 3.28. The number of hydrogen-bond donors (Lipinski definition) is 1. The Bertz CT molecular complexity index is 1130. The Morgan fingerprint density at radius 1 is 1.06 bits per heavy atom. The van der Waals surface area contributed by atoms with Crippen LogP contribution in [-0.2, 0) is 26.0 Å². The van der Waals surface area contributed by atoms with E-state index in [1.807, 2.05) is 12.1 Å². The number of imide groups is 1. The minimum Gasteiger partial charge on any atom is -0.495 e. The summed E-state index contributed by atoms with van der Waals surface area (Å²) in [6.45, 7) is 3.19. The number of sulfonamides is 1. The van der Waals surface area contributed by atoms with Crippen molar-refractivity contribution < 1.29 is 22.7 Å². The molecule has 2 aromatic rings. The molecule has 0 saturated carbocycles. The van der Waals surface area contributed by atoms with Gasteiger partial charge in [0.05, 0.1) is 17.7 Å². The zero-order valence-corrected chi connectivity index (χ0v) is 19.0. The lowest BCUT2D eigenvalue weighted by molar-refractivity contribution is -0.121. The van der Waals surface area contributed by atoms with E-state index in [0.29, 0.717) is 12.5 Å². The lowest BCUT2D eigenvalue weighted by Crippen LogP contribution is -2.33. The number of fused-ring (bicyclic) bond motifs is 1. The third-order valence-electron chi connectivity index (χ3n) is 5.97. The highest BCUT2D eigenvalue weighted by Crippen LogP contribution is 2.34. The molecule has 170 valence electrons. The maximum Gasteiger partial charge on any atom is 0.240 e. The van der Waals surface area contributed by atoms with Gasteiger partial charge in [0, 0.05) is 37.7 Å². The largest absolute Gasteiger partial charge is 0.495 e. The number of carbonyl (C=O) groups is 2. The zero-order valence-electron chi connectivity index (χ0n) is 18.2. The number of para-hydroxylation sites is 1. The monoisotopic (exact) mass is 457 g/mol. The van der Waals surface area contributed by atoms with Gasteiger partial charge in [-0.2, -0.15) is 0 Å². The summed E-state index contributed by atoms with van der Waals surface area (Å²) in [5, 5.41) is 0. The lowest BCUT2D eigenvalue weighted by Gasteiger charge is -2.25. The van der Waals surface area contributed by atoms with Gasteiger partial charge >= 0.3 is 0 Å². The van der Waals surface area contributed by atoms with Gasteiger partial charge < -0.3 is 9.64 Å². The van der Waals surface area contributed by atoms with Crippen LogP contribution in [0.5, 0.6) is 5.75 Å². The van der Waals surface area contributed by atoms with Crippen LogP contribution >= 0.6 is 0 Å². The van der Waals surface area contributed by atoms with E-state index in [1.54, 1.807) is 0 Å². The van der Waals surface area contributed by atoms with Gasteiger partial charge in [0.15, 0.2) is 0 Å². The number of carbonyl (C=O) groups excluding carboxylic acids is 2. The molecule has 1 fully saturated rings. The first-order chi connectivity index (χ1) is 15.3. The minimum absolute atomic E-state index is 0.0133. The molecule has 1 N–H and O–H groups in total. The quantitative estimate of drug-likeness (QED) is 0.483. The number of methoxy groups -OCH3 is 1. The predicted octanol–water partition coefficient (Wildman–Crippen LogP) is 2.47. The van der Waals surface area contributed by atoms with E-state index < -0.39 is 10.0 Å². The van der Waals surface area contributed by atoms with E-state index in [0.717, 1.165) is 17.9 Å². The summed E-state index contributed by atoms with van der Waals surface area (Å²) in [6, 6.07) is 12.9. The summed E-state index contributed by atoms with van der Waals surface area (Å²) in [6.07, 6.45) is 1.85. The maximum absolute atomic E-state index is 12.9. The fourth-order valence-corrected chi connectivity index (χ4v) is 5.46. The van der Waals surface area contributed by atoms with Crippen LogP contribution in [0.2, 0.25) is 0 Å². The molecular weight excluding hydrogens is 430 g/mol. The Morgan fingerprint density at radius 3 is 2.50 bits per heavy atom. The lowest BCUT2D eigenvalue weighted by atomic mass is 10.1. The number of benzene rings is 2. The summed E-state index contributed by atoms with van der Waals surface area (Å²) in [4.78, 5) is 27.6. The van der Waals surface area contributed by atoms with Crippen molar-refractivity contribution in [3.8, 4) is 5.75 Å². The van der Waals surface area contributed by atoms with Crippen LogP contribution < -0.4 is 19.3 Å². The first kappa shape index (κ1) is 22.3. The third kappa shape index (κ3) is 4.22. The van der Waals surface area contributed by atoms with Gasteiger partial charge in [-0.1, -0.05) is 18.2 Å². The van der Waals surface area contributed by atoms with Crippen LogP contribution in [0.1, 0.15) is 31.7 Å². The molecule has 9 heteroatoms. The molecule has 1 atom stereocenters. The predicted molar refractivity (Wildman–Crippen MR) is 121 cm³/mol. The van der Waals surface area contributed by atoms with Crippen molar-refractivity contribution in [2.24, 2.45) is 0 Å². The van der Waals surface area contributed by atoms with E-state index in [4.69, 9.17) is 4.74 Å². The number of rotatable bonds is 8. The normalized spacial score (nSPS) is 18.4. The van der Waals surface area contributed by atoms with E-state index in [-0.39, 0.29) is 47.5 Å². The Hall–Kier alpha value is -2.91. The SMILES string of the molecule is COc1ccc(S(=O)(=O)NCCCN2c3ccccc3C[C@H]2C)cc1N1C(=O)CCC1=O. The molecule has 0 radical (unpaired) electrons. The van der Waals surface area contributed by atoms with E-state index in [2.05, 4.69) is 28.7 Å². The number of amides is 2. The third-order valence-corrected chi connectivity index (χ3v) is 7.43. The number of hydrogen-bond acceptors (Lipinski definition) is 6. The topological polar surface area (TPSA) is 96.0 Å². The maximum atomic E-state index is 12.9. The van der Waals surface area contributed by atoms with Crippen LogP contribution in [0, 0.1) is 0 Å². The fraction of sp³-hybridized carbons (Fsp3) is 0.391. The van der Waals surface area contributed by atoms with Gasteiger partial charge in [0.1, 0.15) is 5.75 Å². The molecule has 1 saturated heterocycles. The van der Waals surface area contributed by atoms with Crippen LogP contribution in [0.15, 0.2) is 47.4 Å². The van der Waals surface area contributed by atoms with Crippen molar-refractivity contribution in [1.29, 1.82) is 0 Å². The van der Waals surface area contributed by atoms with Crippen LogP contribution in [0.25, 0.3) is 0 Å². The van der Waals surface area contributed by atoms with Crippen molar-refractivity contribution in [2.45, 2.75) is 43.5 Å². The van der Waals surface area contributed by atoms with Crippen molar-refractivity contribution in [2.75, 3.05) is 30.0 Å². The van der Waals surface area contributed by atoms with Crippen molar-refractivity contribution in [1.82, 2.24) is 4.72 Å². The Labute approximate surface area is 188 Å². The van der Waals surface area contributed by atoms with Crippen LogP contribution in [-0.4, -0.2) is 46.5 Å². The first-order valence-electron chi connectivity index (χ1n) is 10.7. The summed E-state index contributed by atoms with van der Waals surface area (Å²) in [7, 11) is -2.40. The van der Waals surface area contributed by atoms with Gasteiger partial charge in [-0.25, -0.2) is 18.0 Å². The smallest absolute Gasteiger partial charge is 0.240 e. The second-order valence-electron chi connectivity index (χ2n) is 8.08. The van der Waals surface area contributed by atoms with E-state index in [9.17, 15) is 18.0 Å². The summed E-state index contributed by atoms with van der Waals surface area (Å²) in [5.41, 5.74) is 2.69. The molecule has 0 bridgehead atoms. The molecule has 0 unspecified atom stereocenters. The van der Waals surface area contributed by atoms with Crippen molar-refractivity contribution >= 4 is 33.2 Å².